The van der Waals surface area contributed by atoms with Gasteiger partial charge in [-0.1, -0.05) is 42.5 Å². The van der Waals surface area contributed by atoms with Crippen molar-refractivity contribution in [2.45, 2.75) is 25.9 Å². The molecule has 1 heterocycles. The third kappa shape index (κ3) is 5.41. The quantitative estimate of drug-likeness (QED) is 0.827. The van der Waals surface area contributed by atoms with E-state index in [0.29, 0.717) is 12.1 Å². The lowest BCUT2D eigenvalue weighted by Gasteiger charge is -2.32. The summed E-state index contributed by atoms with van der Waals surface area (Å²) >= 11 is 0. The molecule has 0 unspecified atom stereocenters. The molecule has 0 saturated carbocycles. The van der Waals surface area contributed by atoms with Gasteiger partial charge < -0.3 is 10.6 Å². The van der Waals surface area contributed by atoms with Crippen LogP contribution in [0.4, 0.5) is 0 Å². The minimum absolute atomic E-state index is 0.0181. The third-order valence-electron chi connectivity index (χ3n) is 5.01. The van der Waals surface area contributed by atoms with E-state index in [1.54, 1.807) is 13.1 Å². The second-order valence-corrected chi connectivity index (χ2v) is 7.06. The van der Waals surface area contributed by atoms with Crippen molar-refractivity contribution < 1.29 is 9.59 Å². The van der Waals surface area contributed by atoms with Gasteiger partial charge >= 0.3 is 0 Å². The summed E-state index contributed by atoms with van der Waals surface area (Å²) in [6, 6.07) is 17.7. The van der Waals surface area contributed by atoms with Gasteiger partial charge in [0.2, 0.25) is 5.91 Å². The van der Waals surface area contributed by atoms with Gasteiger partial charge in [0, 0.05) is 32.2 Å². The van der Waals surface area contributed by atoms with Crippen LogP contribution in [0, 0.1) is 5.92 Å². The number of nitrogens with one attached hydrogen (secondary N) is 2. The lowest BCUT2D eigenvalue weighted by Crippen LogP contribution is -2.42. The molecular formula is C22H27N3O2. The number of carbonyl (C=O) groups is 2. The largest absolute Gasteiger partial charge is 0.355 e. The first kappa shape index (κ1) is 19.1. The highest BCUT2D eigenvalue weighted by Crippen LogP contribution is 2.19. The highest BCUT2D eigenvalue weighted by Gasteiger charge is 2.25. The summed E-state index contributed by atoms with van der Waals surface area (Å²) in [4.78, 5) is 26.7. The van der Waals surface area contributed by atoms with Crippen molar-refractivity contribution in [2.24, 2.45) is 5.92 Å². The maximum atomic E-state index is 12.6. The van der Waals surface area contributed by atoms with E-state index in [0.717, 1.165) is 38.0 Å². The minimum Gasteiger partial charge on any atom is -0.355 e. The van der Waals surface area contributed by atoms with E-state index in [-0.39, 0.29) is 17.7 Å². The van der Waals surface area contributed by atoms with Crippen molar-refractivity contribution in [3.05, 3.63) is 71.3 Å². The Morgan fingerprint density at radius 1 is 1.07 bits per heavy atom. The van der Waals surface area contributed by atoms with Gasteiger partial charge in [-0.25, -0.2) is 0 Å². The van der Waals surface area contributed by atoms with Crippen LogP contribution < -0.4 is 10.6 Å². The van der Waals surface area contributed by atoms with Crippen molar-refractivity contribution in [1.82, 2.24) is 15.5 Å². The average Bonchev–Trinajstić information content (AvgIpc) is 2.72. The van der Waals surface area contributed by atoms with Gasteiger partial charge in [-0.15, -0.1) is 0 Å². The molecule has 2 N–H and O–H groups in total. The monoisotopic (exact) mass is 365 g/mol. The minimum atomic E-state index is -0.119. The van der Waals surface area contributed by atoms with Crippen LogP contribution in [0.2, 0.25) is 0 Å². The Morgan fingerprint density at radius 2 is 1.85 bits per heavy atom. The molecule has 2 aromatic carbocycles. The fourth-order valence-electron chi connectivity index (χ4n) is 3.56. The Morgan fingerprint density at radius 3 is 2.63 bits per heavy atom. The Kier molecular flexibility index (Phi) is 6.60. The molecule has 0 radical (unpaired) electrons. The van der Waals surface area contributed by atoms with Gasteiger partial charge in [0.25, 0.3) is 5.91 Å². The van der Waals surface area contributed by atoms with E-state index in [4.69, 9.17) is 0 Å². The number of rotatable bonds is 6. The number of hydrogen-bond acceptors (Lipinski definition) is 3. The maximum absolute atomic E-state index is 12.6. The van der Waals surface area contributed by atoms with Crippen LogP contribution in [0.15, 0.2) is 54.6 Å². The molecule has 27 heavy (non-hydrogen) atoms. The third-order valence-corrected chi connectivity index (χ3v) is 5.01. The molecule has 3 rings (SSSR count). The Bertz CT molecular complexity index is 776. The summed E-state index contributed by atoms with van der Waals surface area (Å²) < 4.78 is 0. The first-order valence-corrected chi connectivity index (χ1v) is 9.50. The van der Waals surface area contributed by atoms with Crippen molar-refractivity contribution in [2.75, 3.05) is 20.1 Å². The molecule has 2 aromatic rings. The average molecular weight is 365 g/mol. The van der Waals surface area contributed by atoms with Crippen LogP contribution >= 0.6 is 0 Å². The van der Waals surface area contributed by atoms with Crippen molar-refractivity contribution in [3.63, 3.8) is 0 Å². The Balaban J connectivity index is 1.52. The van der Waals surface area contributed by atoms with E-state index in [1.165, 1.54) is 5.56 Å². The number of hydrogen-bond donors (Lipinski definition) is 2. The summed E-state index contributed by atoms with van der Waals surface area (Å²) in [7, 11) is 1.61. The zero-order valence-corrected chi connectivity index (χ0v) is 15.8. The number of nitrogens with zero attached hydrogens (tertiary/aromatic N) is 1. The number of benzene rings is 2. The lowest BCUT2D eigenvalue weighted by atomic mass is 9.96. The summed E-state index contributed by atoms with van der Waals surface area (Å²) in [6.45, 7) is 3.16. The highest BCUT2D eigenvalue weighted by molar-refractivity contribution is 5.94. The van der Waals surface area contributed by atoms with Crippen LogP contribution in [0.5, 0.6) is 0 Å². The van der Waals surface area contributed by atoms with E-state index in [2.05, 4.69) is 39.8 Å². The molecule has 5 nitrogen and oxygen atoms in total. The molecule has 0 aromatic heterocycles. The molecule has 0 spiro atoms. The molecular weight excluding hydrogens is 338 g/mol. The van der Waals surface area contributed by atoms with E-state index in [9.17, 15) is 9.59 Å². The molecule has 1 saturated heterocycles. The molecule has 0 aliphatic carbocycles. The molecule has 1 atom stereocenters. The number of piperidine rings is 1. The SMILES string of the molecule is CNC(=O)c1cccc(CNC(=O)[C@H]2CCCN(Cc3ccccc3)C2)c1. The van der Waals surface area contributed by atoms with Gasteiger partial charge in [-0.05, 0) is 42.6 Å². The summed E-state index contributed by atoms with van der Waals surface area (Å²) in [6.07, 6.45) is 1.96. The maximum Gasteiger partial charge on any atom is 0.251 e. The summed E-state index contributed by atoms with van der Waals surface area (Å²) in [5.74, 6) is -0.00490. The summed E-state index contributed by atoms with van der Waals surface area (Å²) in [5, 5.41) is 5.66. The van der Waals surface area contributed by atoms with E-state index < -0.39 is 0 Å². The predicted molar refractivity (Wildman–Crippen MR) is 106 cm³/mol. The predicted octanol–water partition coefficient (Wildman–Crippen LogP) is 2.57. The fourth-order valence-corrected chi connectivity index (χ4v) is 3.56. The first-order valence-electron chi connectivity index (χ1n) is 9.50. The molecule has 1 aliphatic rings. The molecule has 142 valence electrons. The lowest BCUT2D eigenvalue weighted by molar-refractivity contribution is -0.126. The molecule has 5 heteroatoms. The van der Waals surface area contributed by atoms with Crippen LogP contribution in [-0.4, -0.2) is 36.9 Å². The summed E-state index contributed by atoms with van der Waals surface area (Å²) in [5.41, 5.74) is 2.82. The van der Waals surface area contributed by atoms with Gasteiger partial charge in [0.15, 0.2) is 0 Å². The van der Waals surface area contributed by atoms with E-state index >= 15 is 0 Å². The van der Waals surface area contributed by atoms with Gasteiger partial charge in [0.05, 0.1) is 5.92 Å². The van der Waals surface area contributed by atoms with Crippen molar-refractivity contribution in [3.8, 4) is 0 Å². The molecule has 1 aliphatic heterocycles. The Hall–Kier alpha value is -2.66. The fraction of sp³-hybridized carbons (Fsp3) is 0.364. The zero-order valence-electron chi connectivity index (χ0n) is 15.8. The van der Waals surface area contributed by atoms with Crippen LogP contribution in [0.25, 0.3) is 0 Å². The second-order valence-electron chi connectivity index (χ2n) is 7.06. The van der Waals surface area contributed by atoms with Crippen molar-refractivity contribution >= 4 is 11.8 Å². The zero-order chi connectivity index (χ0) is 19.1. The number of likely N-dealkylation sites (tertiary alicyclic amines) is 1. The smallest absolute Gasteiger partial charge is 0.251 e. The normalized spacial score (nSPS) is 17.3. The van der Waals surface area contributed by atoms with E-state index in [1.807, 2.05) is 24.3 Å². The highest BCUT2D eigenvalue weighted by atomic mass is 16.2. The standard InChI is InChI=1S/C22H27N3O2/c1-23-21(26)19-10-5-9-18(13-19)14-24-22(27)20-11-6-12-25(16-20)15-17-7-3-2-4-8-17/h2-5,7-10,13,20H,6,11-12,14-16H2,1H3,(H,23,26)(H,24,27)/t20-/m0/s1. The molecule has 1 fully saturated rings. The molecule has 0 bridgehead atoms. The number of carbonyl (C=O) groups excluding carboxylic acids is 2. The first-order chi connectivity index (χ1) is 13.2. The topological polar surface area (TPSA) is 61.4 Å². The van der Waals surface area contributed by atoms with Crippen LogP contribution in [0.3, 0.4) is 0 Å². The molecule has 2 amide bonds. The van der Waals surface area contributed by atoms with Crippen LogP contribution in [0.1, 0.15) is 34.3 Å². The van der Waals surface area contributed by atoms with Crippen molar-refractivity contribution in [1.29, 1.82) is 0 Å². The number of amides is 2. The van der Waals surface area contributed by atoms with Crippen LogP contribution in [-0.2, 0) is 17.9 Å². The Labute approximate surface area is 160 Å². The van der Waals surface area contributed by atoms with Gasteiger partial charge in [0.1, 0.15) is 0 Å². The van der Waals surface area contributed by atoms with Gasteiger partial charge in [-0.3, -0.25) is 14.5 Å². The second kappa shape index (κ2) is 9.33. The van der Waals surface area contributed by atoms with Gasteiger partial charge in [-0.2, -0.15) is 0 Å².